The zero-order valence-corrected chi connectivity index (χ0v) is 16.5. The molecule has 1 unspecified atom stereocenters. The van der Waals surface area contributed by atoms with E-state index in [9.17, 15) is 14.9 Å². The predicted molar refractivity (Wildman–Crippen MR) is 107 cm³/mol. The number of para-hydroxylation sites is 1. The smallest absolute Gasteiger partial charge is 0.433 e. The first-order valence-electron chi connectivity index (χ1n) is 9.27. The van der Waals surface area contributed by atoms with Crippen molar-refractivity contribution in [1.29, 1.82) is 0 Å². The van der Waals surface area contributed by atoms with Crippen LogP contribution in [0, 0.1) is 10.1 Å². The molecule has 1 fully saturated rings. The molecule has 0 saturated carbocycles. The number of benzene rings is 1. The molecule has 1 aliphatic rings. The Balaban J connectivity index is 1.71. The molecule has 0 bridgehead atoms. The normalized spacial score (nSPS) is 16.2. The van der Waals surface area contributed by atoms with E-state index in [2.05, 4.69) is 4.98 Å². The van der Waals surface area contributed by atoms with Gasteiger partial charge in [0.2, 0.25) is 0 Å². The number of aromatic nitrogens is 1. The Bertz CT molecular complexity index is 1040. The van der Waals surface area contributed by atoms with Crippen LogP contribution in [0.4, 0.5) is 11.0 Å². The van der Waals surface area contributed by atoms with E-state index < -0.39 is 16.7 Å². The molecule has 152 valence electrons. The minimum absolute atomic E-state index is 0.112. The molecule has 0 radical (unpaired) electrons. The van der Waals surface area contributed by atoms with Gasteiger partial charge in [-0.1, -0.05) is 17.4 Å². The van der Waals surface area contributed by atoms with Gasteiger partial charge in [0.05, 0.1) is 30.0 Å². The lowest BCUT2D eigenvalue weighted by atomic mass is 10.2. The molecule has 0 N–H and O–H groups in total. The third kappa shape index (κ3) is 3.94. The summed E-state index contributed by atoms with van der Waals surface area (Å²) in [7, 11) is 0. The molecule has 1 atom stereocenters. The lowest BCUT2D eigenvalue weighted by Crippen LogP contribution is -2.37. The molecule has 1 saturated heterocycles. The maximum atomic E-state index is 13.1. The number of carbonyl (C=O) groups excluding carboxylic acids is 1. The van der Waals surface area contributed by atoms with Crippen LogP contribution in [-0.4, -0.2) is 41.7 Å². The highest BCUT2D eigenvalue weighted by atomic mass is 32.1. The summed E-state index contributed by atoms with van der Waals surface area (Å²) in [5.74, 6) is -0.441. The lowest BCUT2D eigenvalue weighted by molar-refractivity contribution is -0.402. The molecule has 2 aromatic heterocycles. The van der Waals surface area contributed by atoms with Crippen molar-refractivity contribution >= 4 is 38.5 Å². The summed E-state index contributed by atoms with van der Waals surface area (Å²) in [5.41, 5.74) is 0.671. The molecule has 1 amide bonds. The fourth-order valence-corrected chi connectivity index (χ4v) is 4.20. The third-order valence-corrected chi connectivity index (χ3v) is 5.58. The van der Waals surface area contributed by atoms with E-state index in [0.29, 0.717) is 29.6 Å². The fourth-order valence-electron chi connectivity index (χ4n) is 3.21. The van der Waals surface area contributed by atoms with E-state index in [0.717, 1.165) is 17.5 Å². The number of amides is 1. The van der Waals surface area contributed by atoms with E-state index in [1.54, 1.807) is 0 Å². The van der Waals surface area contributed by atoms with E-state index >= 15 is 0 Å². The summed E-state index contributed by atoms with van der Waals surface area (Å²) in [5, 5.41) is 11.4. The number of fused-ring (bicyclic) bond motifs is 1. The van der Waals surface area contributed by atoms with Crippen LogP contribution in [0.2, 0.25) is 0 Å². The zero-order chi connectivity index (χ0) is 20.4. The van der Waals surface area contributed by atoms with Crippen LogP contribution in [0.3, 0.4) is 0 Å². The molecule has 0 spiro atoms. The monoisotopic (exact) mass is 417 g/mol. The van der Waals surface area contributed by atoms with Gasteiger partial charge in [0, 0.05) is 6.61 Å². The van der Waals surface area contributed by atoms with E-state index in [-0.39, 0.29) is 18.4 Å². The van der Waals surface area contributed by atoms with Gasteiger partial charge >= 0.3 is 5.88 Å². The molecule has 3 aromatic rings. The number of rotatable bonds is 7. The number of nitro groups is 1. The quantitative estimate of drug-likeness (QED) is 0.422. The SMILES string of the molecule is CCOc1cccc2sc(N(CC3CCCO3)C(=O)c3ccc([N+](=O)[O-])o3)nc12. The van der Waals surface area contributed by atoms with Crippen molar-refractivity contribution in [2.24, 2.45) is 0 Å². The predicted octanol–water partition coefficient (Wildman–Crippen LogP) is 4.02. The van der Waals surface area contributed by atoms with Crippen molar-refractivity contribution in [3.8, 4) is 5.75 Å². The Kier molecular flexibility index (Phi) is 5.45. The van der Waals surface area contributed by atoms with Crippen molar-refractivity contribution in [3.63, 3.8) is 0 Å². The molecule has 1 aliphatic heterocycles. The molecule has 1 aromatic carbocycles. The van der Waals surface area contributed by atoms with Crippen molar-refractivity contribution in [3.05, 3.63) is 46.2 Å². The van der Waals surface area contributed by atoms with Gasteiger partial charge in [0.1, 0.15) is 16.2 Å². The summed E-state index contributed by atoms with van der Waals surface area (Å²) in [4.78, 5) is 29.5. The Morgan fingerprint density at radius 3 is 2.97 bits per heavy atom. The van der Waals surface area contributed by atoms with Crippen LogP contribution in [0.1, 0.15) is 30.3 Å². The van der Waals surface area contributed by atoms with Crippen molar-refractivity contribution in [1.82, 2.24) is 4.98 Å². The highest BCUT2D eigenvalue weighted by Gasteiger charge is 2.30. The van der Waals surface area contributed by atoms with Crippen molar-refractivity contribution in [2.45, 2.75) is 25.9 Å². The van der Waals surface area contributed by atoms with Gasteiger partial charge in [-0.3, -0.25) is 19.8 Å². The summed E-state index contributed by atoms with van der Waals surface area (Å²) in [6.07, 6.45) is 1.63. The largest absolute Gasteiger partial charge is 0.492 e. The average Bonchev–Trinajstić information content (AvgIpc) is 3.46. The molecule has 4 rings (SSSR count). The number of carbonyl (C=O) groups is 1. The maximum Gasteiger partial charge on any atom is 0.433 e. The van der Waals surface area contributed by atoms with Gasteiger partial charge in [-0.25, -0.2) is 4.98 Å². The number of nitrogens with zero attached hydrogens (tertiary/aromatic N) is 3. The van der Waals surface area contributed by atoms with Crippen molar-refractivity contribution < 1.29 is 23.6 Å². The highest BCUT2D eigenvalue weighted by Crippen LogP contribution is 2.35. The van der Waals surface area contributed by atoms with Gasteiger partial charge in [0.25, 0.3) is 5.91 Å². The summed E-state index contributed by atoms with van der Waals surface area (Å²) in [6.45, 7) is 3.33. The lowest BCUT2D eigenvalue weighted by Gasteiger charge is -2.21. The fraction of sp³-hybridized carbons (Fsp3) is 0.368. The molecular formula is C19H19N3O6S. The van der Waals surface area contributed by atoms with Gasteiger partial charge in [0.15, 0.2) is 10.9 Å². The van der Waals surface area contributed by atoms with E-state index in [1.807, 2.05) is 25.1 Å². The summed E-state index contributed by atoms with van der Waals surface area (Å²) in [6, 6.07) is 8.09. The molecule has 3 heterocycles. The van der Waals surface area contributed by atoms with Crippen LogP contribution in [0.25, 0.3) is 10.2 Å². The maximum absolute atomic E-state index is 13.1. The molecule has 10 heteroatoms. The van der Waals surface area contributed by atoms with Crippen LogP contribution in [0.15, 0.2) is 34.7 Å². The number of hydrogen-bond acceptors (Lipinski definition) is 8. The number of anilines is 1. The van der Waals surface area contributed by atoms with Crippen LogP contribution in [-0.2, 0) is 4.74 Å². The molecular weight excluding hydrogens is 398 g/mol. The van der Waals surface area contributed by atoms with Gasteiger partial charge in [-0.05, 0) is 38.0 Å². The van der Waals surface area contributed by atoms with E-state index in [4.69, 9.17) is 13.9 Å². The Hall–Kier alpha value is -2.98. The summed E-state index contributed by atoms with van der Waals surface area (Å²) < 4.78 is 17.3. The number of thiazole rings is 1. The van der Waals surface area contributed by atoms with Gasteiger partial charge in [-0.2, -0.15) is 0 Å². The second-order valence-corrected chi connectivity index (χ2v) is 7.49. The Morgan fingerprint density at radius 1 is 1.41 bits per heavy atom. The number of furan rings is 1. The average molecular weight is 417 g/mol. The Labute approximate surface area is 170 Å². The highest BCUT2D eigenvalue weighted by molar-refractivity contribution is 7.22. The first kappa shape index (κ1) is 19.3. The first-order chi connectivity index (χ1) is 14.1. The van der Waals surface area contributed by atoms with Crippen LogP contribution in [0.5, 0.6) is 5.75 Å². The van der Waals surface area contributed by atoms with E-state index in [1.165, 1.54) is 28.4 Å². The second kappa shape index (κ2) is 8.18. The minimum Gasteiger partial charge on any atom is -0.492 e. The topological polar surface area (TPSA) is 108 Å². The first-order valence-corrected chi connectivity index (χ1v) is 10.1. The summed E-state index contributed by atoms with van der Waals surface area (Å²) >= 11 is 1.35. The number of hydrogen-bond donors (Lipinski definition) is 0. The van der Waals surface area contributed by atoms with Crippen LogP contribution < -0.4 is 9.64 Å². The van der Waals surface area contributed by atoms with Gasteiger partial charge < -0.3 is 13.9 Å². The minimum atomic E-state index is -0.673. The number of ether oxygens (including phenoxy) is 2. The molecule has 0 aliphatic carbocycles. The van der Waals surface area contributed by atoms with Crippen LogP contribution >= 0.6 is 11.3 Å². The molecule has 29 heavy (non-hydrogen) atoms. The molecule has 9 nitrogen and oxygen atoms in total. The zero-order valence-electron chi connectivity index (χ0n) is 15.7. The standard InChI is InChI=1S/C19H19N3O6S/c1-2-26-13-6-3-7-15-17(13)20-19(29-15)21(11-12-5-4-10-27-12)18(23)14-8-9-16(28-14)22(24)25/h3,6-9,12H,2,4-5,10-11H2,1H3. The third-order valence-electron chi connectivity index (χ3n) is 4.54. The second-order valence-electron chi connectivity index (χ2n) is 6.48. The Morgan fingerprint density at radius 2 is 2.28 bits per heavy atom. The van der Waals surface area contributed by atoms with Gasteiger partial charge in [-0.15, -0.1) is 0 Å². The van der Waals surface area contributed by atoms with Crippen molar-refractivity contribution in [2.75, 3.05) is 24.7 Å².